The van der Waals surface area contributed by atoms with Crippen LogP contribution in [0.5, 0.6) is 0 Å². The molecule has 0 aliphatic carbocycles. The van der Waals surface area contributed by atoms with E-state index < -0.39 is 0 Å². The standard InChI is InChI=1S/C16H21BrFNOS/c1-11-4-3-5-12(2)19(11)16(20)10-21-9-13-6-7-14(17)8-15(13)18/h6-8,11-12H,3-5,9-10H2,1-2H3. The van der Waals surface area contributed by atoms with Crippen molar-refractivity contribution in [1.82, 2.24) is 4.90 Å². The summed E-state index contributed by atoms with van der Waals surface area (Å²) in [5.74, 6) is 0.910. The van der Waals surface area contributed by atoms with Crippen LogP contribution in [0.25, 0.3) is 0 Å². The fourth-order valence-corrected chi connectivity index (χ4v) is 4.09. The molecule has 1 saturated heterocycles. The van der Waals surface area contributed by atoms with Crippen LogP contribution >= 0.6 is 27.7 Å². The molecule has 0 bridgehead atoms. The molecule has 1 fully saturated rings. The summed E-state index contributed by atoms with van der Waals surface area (Å²) in [6.07, 6.45) is 3.37. The first-order valence-electron chi connectivity index (χ1n) is 7.32. The second kappa shape index (κ2) is 7.63. The van der Waals surface area contributed by atoms with E-state index in [1.54, 1.807) is 6.07 Å². The van der Waals surface area contributed by atoms with Crippen molar-refractivity contribution in [3.8, 4) is 0 Å². The molecule has 5 heteroatoms. The first-order valence-corrected chi connectivity index (χ1v) is 9.26. The highest BCUT2D eigenvalue weighted by Crippen LogP contribution is 2.25. The number of hydrogen-bond acceptors (Lipinski definition) is 2. The van der Waals surface area contributed by atoms with Crippen molar-refractivity contribution < 1.29 is 9.18 Å². The summed E-state index contributed by atoms with van der Waals surface area (Å²) in [7, 11) is 0. The van der Waals surface area contributed by atoms with Gasteiger partial charge in [-0.05, 0) is 50.8 Å². The Balaban J connectivity index is 1.86. The lowest BCUT2D eigenvalue weighted by atomic mass is 9.98. The van der Waals surface area contributed by atoms with Gasteiger partial charge in [-0.15, -0.1) is 11.8 Å². The van der Waals surface area contributed by atoms with Crippen molar-refractivity contribution in [3.63, 3.8) is 0 Å². The smallest absolute Gasteiger partial charge is 0.233 e. The summed E-state index contributed by atoms with van der Waals surface area (Å²) in [6.45, 7) is 4.24. The van der Waals surface area contributed by atoms with Crippen LogP contribution in [0.1, 0.15) is 38.7 Å². The molecule has 1 heterocycles. The highest BCUT2D eigenvalue weighted by Gasteiger charge is 2.28. The second-order valence-corrected chi connectivity index (χ2v) is 7.56. The molecule has 2 nitrogen and oxygen atoms in total. The number of benzene rings is 1. The van der Waals surface area contributed by atoms with E-state index in [2.05, 4.69) is 29.8 Å². The van der Waals surface area contributed by atoms with Gasteiger partial charge in [0.25, 0.3) is 0 Å². The van der Waals surface area contributed by atoms with Gasteiger partial charge in [-0.3, -0.25) is 4.79 Å². The molecular formula is C16H21BrFNOS. The molecule has 21 heavy (non-hydrogen) atoms. The molecule has 0 N–H and O–H groups in total. The predicted molar refractivity (Wildman–Crippen MR) is 89.9 cm³/mol. The maximum atomic E-state index is 13.7. The number of carbonyl (C=O) groups excluding carboxylic acids is 1. The average molecular weight is 374 g/mol. The lowest BCUT2D eigenvalue weighted by molar-refractivity contribution is -0.134. The van der Waals surface area contributed by atoms with E-state index >= 15 is 0 Å². The number of halogens is 2. The molecule has 2 atom stereocenters. The summed E-state index contributed by atoms with van der Waals surface area (Å²) >= 11 is 4.73. The van der Waals surface area contributed by atoms with Crippen LogP contribution < -0.4 is 0 Å². The van der Waals surface area contributed by atoms with Gasteiger partial charge in [-0.2, -0.15) is 0 Å². The van der Waals surface area contributed by atoms with Gasteiger partial charge in [0.05, 0.1) is 5.75 Å². The fourth-order valence-electron chi connectivity index (χ4n) is 2.87. The number of rotatable bonds is 4. The van der Waals surface area contributed by atoms with Gasteiger partial charge >= 0.3 is 0 Å². The lowest BCUT2D eigenvalue weighted by Gasteiger charge is -2.39. The summed E-state index contributed by atoms with van der Waals surface area (Å²) in [6, 6.07) is 5.71. The lowest BCUT2D eigenvalue weighted by Crippen LogP contribution is -2.48. The first-order chi connectivity index (χ1) is 9.99. The molecule has 1 aliphatic heterocycles. The van der Waals surface area contributed by atoms with Gasteiger partial charge in [-0.25, -0.2) is 4.39 Å². The Morgan fingerprint density at radius 1 is 1.38 bits per heavy atom. The highest BCUT2D eigenvalue weighted by molar-refractivity contribution is 9.10. The van der Waals surface area contributed by atoms with Crippen LogP contribution in [-0.2, 0) is 10.5 Å². The zero-order chi connectivity index (χ0) is 15.4. The number of likely N-dealkylation sites (tertiary alicyclic amines) is 1. The van der Waals surface area contributed by atoms with E-state index in [-0.39, 0.29) is 11.7 Å². The predicted octanol–water partition coefficient (Wildman–Crippen LogP) is 4.61. The van der Waals surface area contributed by atoms with Gasteiger partial charge < -0.3 is 4.90 Å². The number of nitrogens with zero attached hydrogens (tertiary/aromatic N) is 1. The van der Waals surface area contributed by atoms with Crippen LogP contribution in [0.3, 0.4) is 0 Å². The van der Waals surface area contributed by atoms with E-state index in [1.807, 2.05) is 11.0 Å². The van der Waals surface area contributed by atoms with Crippen molar-refractivity contribution >= 4 is 33.6 Å². The number of piperidine rings is 1. The Kier molecular flexibility index (Phi) is 6.11. The van der Waals surface area contributed by atoms with Crippen LogP contribution in [0, 0.1) is 5.82 Å². The minimum atomic E-state index is -0.218. The molecule has 1 amide bonds. The molecule has 2 rings (SSSR count). The third-order valence-electron chi connectivity index (χ3n) is 3.98. The average Bonchev–Trinajstić information content (AvgIpc) is 2.41. The highest BCUT2D eigenvalue weighted by atomic mass is 79.9. The monoisotopic (exact) mass is 373 g/mol. The zero-order valence-electron chi connectivity index (χ0n) is 12.4. The second-order valence-electron chi connectivity index (χ2n) is 5.66. The quantitative estimate of drug-likeness (QED) is 0.767. The minimum absolute atomic E-state index is 0.178. The molecule has 116 valence electrons. The Labute approximate surface area is 138 Å². The van der Waals surface area contributed by atoms with Gasteiger partial charge in [0.2, 0.25) is 5.91 Å². The Bertz CT molecular complexity index is 501. The van der Waals surface area contributed by atoms with Gasteiger partial charge in [0.1, 0.15) is 5.82 Å². The molecule has 0 spiro atoms. The molecule has 0 aromatic heterocycles. The normalized spacial score (nSPS) is 22.4. The van der Waals surface area contributed by atoms with Gasteiger partial charge in [0, 0.05) is 22.3 Å². The van der Waals surface area contributed by atoms with Gasteiger partial charge in [0.15, 0.2) is 0 Å². The van der Waals surface area contributed by atoms with Crippen LogP contribution in [-0.4, -0.2) is 28.6 Å². The van der Waals surface area contributed by atoms with Crippen LogP contribution in [0.4, 0.5) is 4.39 Å². The van der Waals surface area contributed by atoms with E-state index in [1.165, 1.54) is 24.2 Å². The molecule has 0 radical (unpaired) electrons. The van der Waals surface area contributed by atoms with Crippen molar-refractivity contribution in [3.05, 3.63) is 34.1 Å². The molecular weight excluding hydrogens is 353 g/mol. The fraction of sp³-hybridized carbons (Fsp3) is 0.562. The van der Waals surface area contributed by atoms with E-state index in [0.29, 0.717) is 29.2 Å². The topological polar surface area (TPSA) is 20.3 Å². The number of carbonyl (C=O) groups is 1. The van der Waals surface area contributed by atoms with Gasteiger partial charge in [-0.1, -0.05) is 22.0 Å². The Morgan fingerprint density at radius 3 is 2.67 bits per heavy atom. The van der Waals surface area contributed by atoms with E-state index in [9.17, 15) is 9.18 Å². The SMILES string of the molecule is CC1CCCC(C)N1C(=O)CSCc1ccc(Br)cc1F. The number of thioether (sulfide) groups is 1. The van der Waals surface area contributed by atoms with E-state index in [0.717, 1.165) is 17.3 Å². The zero-order valence-corrected chi connectivity index (χ0v) is 14.8. The summed E-state index contributed by atoms with van der Waals surface area (Å²) in [5.41, 5.74) is 0.649. The minimum Gasteiger partial charge on any atom is -0.337 e. The third-order valence-corrected chi connectivity index (χ3v) is 5.44. The number of hydrogen-bond donors (Lipinski definition) is 0. The molecule has 2 unspecified atom stereocenters. The van der Waals surface area contributed by atoms with Crippen molar-refractivity contribution in [2.45, 2.75) is 50.9 Å². The summed E-state index contributed by atoms with van der Waals surface area (Å²) in [4.78, 5) is 14.4. The van der Waals surface area contributed by atoms with Crippen molar-refractivity contribution in [1.29, 1.82) is 0 Å². The Morgan fingerprint density at radius 2 is 2.05 bits per heavy atom. The molecule has 1 aliphatic rings. The number of amides is 1. The summed E-state index contributed by atoms with van der Waals surface area (Å²) < 4.78 is 14.5. The van der Waals surface area contributed by atoms with E-state index in [4.69, 9.17) is 0 Å². The van der Waals surface area contributed by atoms with Crippen LogP contribution in [0.15, 0.2) is 22.7 Å². The third kappa shape index (κ3) is 4.46. The molecule has 1 aromatic rings. The summed E-state index contributed by atoms with van der Waals surface area (Å²) in [5, 5.41) is 0. The van der Waals surface area contributed by atoms with Crippen molar-refractivity contribution in [2.24, 2.45) is 0 Å². The molecule has 0 saturated carbocycles. The van der Waals surface area contributed by atoms with Crippen molar-refractivity contribution in [2.75, 3.05) is 5.75 Å². The van der Waals surface area contributed by atoms with Crippen LogP contribution in [0.2, 0.25) is 0 Å². The Hall–Kier alpha value is -0.550. The first kappa shape index (κ1) is 16.8. The maximum absolute atomic E-state index is 13.7. The molecule has 1 aromatic carbocycles. The largest absolute Gasteiger partial charge is 0.337 e. The maximum Gasteiger partial charge on any atom is 0.233 e.